The summed E-state index contributed by atoms with van der Waals surface area (Å²) in [7, 11) is 2.86. The lowest BCUT2D eigenvalue weighted by atomic mass is 10.1. The molecule has 0 fully saturated rings. The van der Waals surface area contributed by atoms with Crippen molar-refractivity contribution < 1.29 is 14.3 Å². The zero-order valence-electron chi connectivity index (χ0n) is 14.6. The van der Waals surface area contributed by atoms with E-state index in [1.165, 1.54) is 19.8 Å². The Morgan fingerprint density at radius 1 is 1.16 bits per heavy atom. The Morgan fingerprint density at radius 3 is 2.60 bits per heavy atom. The Hall–Kier alpha value is -2.60. The van der Waals surface area contributed by atoms with Crippen LogP contribution in [0, 0.1) is 0 Å². The molecule has 0 amide bonds. The molecule has 5 nitrogen and oxygen atoms in total. The van der Waals surface area contributed by atoms with Gasteiger partial charge < -0.3 is 20.1 Å². The summed E-state index contributed by atoms with van der Waals surface area (Å²) < 4.78 is 9.98. The fraction of sp³-hybridized carbons (Fsp3) is 0.263. The largest absolute Gasteiger partial charge is 0.496 e. The maximum absolute atomic E-state index is 11.8. The number of hydrogen-bond acceptors (Lipinski definition) is 4. The maximum atomic E-state index is 11.8. The quantitative estimate of drug-likeness (QED) is 0.608. The Labute approximate surface area is 153 Å². The molecule has 0 saturated carbocycles. The third-order valence-corrected chi connectivity index (χ3v) is 4.02. The maximum Gasteiger partial charge on any atom is 0.341 e. The Kier molecular flexibility index (Phi) is 6.77. The highest BCUT2D eigenvalue weighted by molar-refractivity contribution is 7.80. The van der Waals surface area contributed by atoms with Gasteiger partial charge in [0.15, 0.2) is 5.11 Å². The number of esters is 1. The van der Waals surface area contributed by atoms with Crippen LogP contribution in [-0.4, -0.2) is 25.3 Å². The minimum Gasteiger partial charge on any atom is -0.496 e. The zero-order chi connectivity index (χ0) is 18.2. The van der Waals surface area contributed by atoms with Crippen LogP contribution in [0.4, 0.5) is 5.69 Å². The van der Waals surface area contributed by atoms with Crippen LogP contribution >= 0.6 is 12.2 Å². The second kappa shape index (κ2) is 9.03. The second-order valence-electron chi connectivity index (χ2n) is 5.34. The van der Waals surface area contributed by atoms with Gasteiger partial charge in [0, 0.05) is 12.2 Å². The van der Waals surface area contributed by atoms with Gasteiger partial charge in [-0.1, -0.05) is 31.2 Å². The molecule has 2 aromatic carbocycles. The summed E-state index contributed by atoms with van der Waals surface area (Å²) in [6, 6.07) is 13.4. The number of rotatable bonds is 6. The highest BCUT2D eigenvalue weighted by Gasteiger charge is 2.13. The van der Waals surface area contributed by atoms with Crippen molar-refractivity contribution in [2.45, 2.75) is 19.9 Å². The molecule has 2 aromatic rings. The van der Waals surface area contributed by atoms with E-state index in [4.69, 9.17) is 21.7 Å². The molecular formula is C19H22N2O3S. The van der Waals surface area contributed by atoms with Crippen molar-refractivity contribution in [2.75, 3.05) is 19.5 Å². The van der Waals surface area contributed by atoms with Crippen LogP contribution in [0.15, 0.2) is 42.5 Å². The molecule has 0 spiro atoms. The van der Waals surface area contributed by atoms with Crippen LogP contribution in [0.5, 0.6) is 5.75 Å². The van der Waals surface area contributed by atoms with E-state index in [9.17, 15) is 4.79 Å². The summed E-state index contributed by atoms with van der Waals surface area (Å²) >= 11 is 5.36. The van der Waals surface area contributed by atoms with Gasteiger partial charge in [0.25, 0.3) is 0 Å². The van der Waals surface area contributed by atoms with Gasteiger partial charge in [-0.05, 0) is 48.0 Å². The van der Waals surface area contributed by atoms with Crippen LogP contribution in [0.3, 0.4) is 0 Å². The molecule has 0 atom stereocenters. The van der Waals surface area contributed by atoms with Gasteiger partial charge in [-0.3, -0.25) is 0 Å². The predicted molar refractivity (Wildman–Crippen MR) is 103 cm³/mol. The first-order valence-corrected chi connectivity index (χ1v) is 8.37. The van der Waals surface area contributed by atoms with Crippen molar-refractivity contribution in [3.8, 4) is 5.75 Å². The zero-order valence-corrected chi connectivity index (χ0v) is 15.4. The SMILES string of the molecule is CCc1ccccc1NC(=S)NCc1ccc(OC)c(C(=O)OC)c1. The number of para-hydroxylation sites is 1. The number of benzene rings is 2. The lowest BCUT2D eigenvalue weighted by Crippen LogP contribution is -2.28. The van der Waals surface area contributed by atoms with E-state index in [2.05, 4.69) is 23.6 Å². The third-order valence-electron chi connectivity index (χ3n) is 3.77. The van der Waals surface area contributed by atoms with Gasteiger partial charge in [-0.2, -0.15) is 0 Å². The minimum atomic E-state index is -0.434. The van der Waals surface area contributed by atoms with E-state index in [0.29, 0.717) is 23.0 Å². The topological polar surface area (TPSA) is 59.6 Å². The summed E-state index contributed by atoms with van der Waals surface area (Å²) in [6.45, 7) is 2.58. The molecule has 25 heavy (non-hydrogen) atoms. The first-order chi connectivity index (χ1) is 12.1. The lowest BCUT2D eigenvalue weighted by molar-refractivity contribution is 0.0597. The fourth-order valence-electron chi connectivity index (χ4n) is 2.43. The molecule has 2 N–H and O–H groups in total. The average molecular weight is 358 g/mol. The van der Waals surface area contributed by atoms with Gasteiger partial charge in [0.05, 0.1) is 14.2 Å². The highest BCUT2D eigenvalue weighted by atomic mass is 32.1. The third kappa shape index (κ3) is 4.93. The number of carbonyl (C=O) groups is 1. The molecule has 0 unspecified atom stereocenters. The smallest absolute Gasteiger partial charge is 0.341 e. The minimum absolute atomic E-state index is 0.388. The Balaban J connectivity index is 2.03. The van der Waals surface area contributed by atoms with E-state index in [1.807, 2.05) is 24.3 Å². The molecule has 0 bridgehead atoms. The van der Waals surface area contributed by atoms with Crippen LogP contribution in [0.1, 0.15) is 28.4 Å². The summed E-state index contributed by atoms with van der Waals surface area (Å²) in [5, 5.41) is 6.88. The highest BCUT2D eigenvalue weighted by Crippen LogP contribution is 2.21. The van der Waals surface area contributed by atoms with Gasteiger partial charge >= 0.3 is 5.97 Å². The summed E-state index contributed by atoms with van der Waals surface area (Å²) in [6.07, 6.45) is 0.923. The van der Waals surface area contributed by atoms with Crippen molar-refractivity contribution >= 4 is 29.0 Å². The summed E-state index contributed by atoms with van der Waals surface area (Å²) in [5.41, 5.74) is 3.48. The van der Waals surface area contributed by atoms with Crippen molar-refractivity contribution in [3.63, 3.8) is 0 Å². The number of hydrogen-bond donors (Lipinski definition) is 2. The predicted octanol–water partition coefficient (Wildman–Crippen LogP) is 3.53. The van der Waals surface area contributed by atoms with Gasteiger partial charge in [0.2, 0.25) is 0 Å². The molecular weight excluding hydrogens is 336 g/mol. The lowest BCUT2D eigenvalue weighted by Gasteiger charge is -2.14. The van der Waals surface area contributed by atoms with E-state index < -0.39 is 5.97 Å². The fourth-order valence-corrected chi connectivity index (χ4v) is 2.62. The molecule has 6 heteroatoms. The molecule has 0 aliphatic heterocycles. The van der Waals surface area contributed by atoms with Crippen molar-refractivity contribution in [1.29, 1.82) is 0 Å². The van der Waals surface area contributed by atoms with Crippen LogP contribution in [0.25, 0.3) is 0 Å². The van der Waals surface area contributed by atoms with E-state index in [1.54, 1.807) is 12.1 Å². The van der Waals surface area contributed by atoms with Crippen molar-refractivity contribution in [2.24, 2.45) is 0 Å². The van der Waals surface area contributed by atoms with E-state index in [0.717, 1.165) is 17.7 Å². The van der Waals surface area contributed by atoms with E-state index in [-0.39, 0.29) is 0 Å². The first kappa shape index (κ1) is 18.7. The monoisotopic (exact) mass is 358 g/mol. The molecule has 0 heterocycles. The Morgan fingerprint density at radius 2 is 1.92 bits per heavy atom. The molecule has 0 aliphatic carbocycles. The molecule has 2 rings (SSSR count). The molecule has 0 saturated heterocycles. The first-order valence-electron chi connectivity index (χ1n) is 7.97. The number of ether oxygens (including phenoxy) is 2. The van der Waals surface area contributed by atoms with Crippen LogP contribution in [-0.2, 0) is 17.7 Å². The van der Waals surface area contributed by atoms with Gasteiger partial charge in [-0.25, -0.2) is 4.79 Å². The molecule has 0 aliphatic rings. The van der Waals surface area contributed by atoms with Gasteiger partial charge in [0.1, 0.15) is 11.3 Å². The number of aryl methyl sites for hydroxylation is 1. The molecule has 132 valence electrons. The molecule has 0 aromatic heterocycles. The summed E-state index contributed by atoms with van der Waals surface area (Å²) in [5.74, 6) is 0.0458. The number of nitrogens with one attached hydrogen (secondary N) is 2. The normalized spacial score (nSPS) is 10.0. The number of anilines is 1. The summed E-state index contributed by atoms with van der Waals surface area (Å²) in [4.78, 5) is 11.8. The second-order valence-corrected chi connectivity index (χ2v) is 5.75. The van der Waals surface area contributed by atoms with E-state index >= 15 is 0 Å². The van der Waals surface area contributed by atoms with Crippen LogP contribution in [0.2, 0.25) is 0 Å². The molecule has 0 radical (unpaired) electrons. The van der Waals surface area contributed by atoms with Crippen molar-refractivity contribution in [1.82, 2.24) is 5.32 Å². The Bertz CT molecular complexity index is 762. The number of thiocarbonyl (C=S) groups is 1. The van der Waals surface area contributed by atoms with Gasteiger partial charge in [-0.15, -0.1) is 0 Å². The van der Waals surface area contributed by atoms with Crippen molar-refractivity contribution in [3.05, 3.63) is 59.2 Å². The number of carbonyl (C=O) groups excluding carboxylic acids is 1. The van der Waals surface area contributed by atoms with Crippen LogP contribution < -0.4 is 15.4 Å². The standard InChI is InChI=1S/C19H22N2O3S/c1-4-14-7-5-6-8-16(14)21-19(25)20-12-13-9-10-17(23-2)15(11-13)18(22)24-3/h5-11H,4,12H2,1-3H3,(H2,20,21,25). The average Bonchev–Trinajstić information content (AvgIpc) is 2.65. The number of methoxy groups -OCH3 is 2.